The third-order valence-electron chi connectivity index (χ3n) is 3.94. The van der Waals surface area contributed by atoms with Crippen molar-refractivity contribution in [1.29, 1.82) is 0 Å². The molecule has 31 heavy (non-hydrogen) atoms. The van der Waals surface area contributed by atoms with Crippen molar-refractivity contribution in [3.8, 4) is 0 Å². The van der Waals surface area contributed by atoms with Crippen LogP contribution < -0.4 is 5.32 Å². The van der Waals surface area contributed by atoms with Gasteiger partial charge in [-0.2, -0.15) is 4.80 Å². The fourth-order valence-corrected chi connectivity index (χ4v) is 2.54. The number of Topliss-reactive ketones (excluding diaryl/α,β-unsaturated/α-hetero) is 1. The van der Waals surface area contributed by atoms with Crippen molar-refractivity contribution in [2.24, 2.45) is 0 Å². The van der Waals surface area contributed by atoms with E-state index in [0.717, 1.165) is 10.4 Å². The Morgan fingerprint density at radius 2 is 2.00 bits per heavy atom. The van der Waals surface area contributed by atoms with Gasteiger partial charge in [0.15, 0.2) is 11.6 Å². The number of H-pyrrole nitrogens is 1. The molecule has 164 valence electrons. The van der Waals surface area contributed by atoms with E-state index < -0.39 is 30.3 Å². The molecule has 1 aromatic carbocycles. The lowest BCUT2D eigenvalue weighted by Crippen LogP contribution is -2.44. The number of hydrogen-bond donors (Lipinski definition) is 3. The zero-order chi connectivity index (χ0) is 21.3. The number of carbonyl (C=O) groups excluding carboxylic acids is 2. The molecule has 13 heteroatoms. The van der Waals surface area contributed by atoms with E-state index in [-0.39, 0.29) is 25.6 Å². The molecule has 0 aliphatic rings. The first-order chi connectivity index (χ1) is 14.5. The number of nitrogens with one attached hydrogen (secondary N) is 2. The molecular formula is C18H20ClN7O5. The number of rotatable bonds is 10. The summed E-state index contributed by atoms with van der Waals surface area (Å²) >= 11 is 0. The molecule has 0 spiro atoms. The van der Waals surface area contributed by atoms with Crippen molar-refractivity contribution in [2.45, 2.75) is 32.0 Å². The summed E-state index contributed by atoms with van der Waals surface area (Å²) in [4.78, 5) is 43.6. The maximum Gasteiger partial charge on any atom is 0.408 e. The molecule has 12 nitrogen and oxygen atoms in total. The standard InChI is InChI=1S/C18H19N7O5.ClH/c26-14(10-25-23-16(22-24-25)9-15-19-6-7-20-15)13(8-17(27)28)21-18(29)30-11-12-4-2-1-3-5-12;/h1-7,13H,8-11H2,(H,19,20)(H,21,29)(H,27,28);1H. The highest BCUT2D eigenvalue weighted by Crippen LogP contribution is 2.03. The number of alkyl carbamates (subject to hydrolysis) is 1. The lowest BCUT2D eigenvalue weighted by Gasteiger charge is -2.15. The van der Waals surface area contributed by atoms with E-state index in [0.29, 0.717) is 18.1 Å². The van der Waals surface area contributed by atoms with Crippen LogP contribution in [-0.2, 0) is 33.9 Å². The largest absolute Gasteiger partial charge is 0.481 e. The second kappa shape index (κ2) is 11.4. The number of nitrogens with zero attached hydrogens (tertiary/aromatic N) is 5. The number of carboxylic acids is 1. The maximum absolute atomic E-state index is 12.5. The lowest BCUT2D eigenvalue weighted by molar-refractivity contribution is -0.139. The van der Waals surface area contributed by atoms with Crippen LogP contribution in [0.1, 0.15) is 23.6 Å². The van der Waals surface area contributed by atoms with Crippen molar-refractivity contribution in [2.75, 3.05) is 0 Å². The number of aromatic nitrogens is 6. The van der Waals surface area contributed by atoms with Crippen molar-refractivity contribution in [3.05, 3.63) is 59.9 Å². The molecule has 0 aliphatic heterocycles. The fourth-order valence-electron chi connectivity index (χ4n) is 2.54. The summed E-state index contributed by atoms with van der Waals surface area (Å²) in [5.41, 5.74) is 0.754. The summed E-state index contributed by atoms with van der Waals surface area (Å²) in [6.45, 7) is -0.372. The van der Waals surface area contributed by atoms with E-state index >= 15 is 0 Å². The van der Waals surface area contributed by atoms with E-state index in [4.69, 9.17) is 9.84 Å². The van der Waals surface area contributed by atoms with E-state index in [1.807, 2.05) is 6.07 Å². The molecule has 3 N–H and O–H groups in total. The van der Waals surface area contributed by atoms with Crippen molar-refractivity contribution in [3.63, 3.8) is 0 Å². The SMILES string of the molecule is Cl.O=C(O)CC(NC(=O)OCc1ccccc1)C(=O)Cn1nnc(Cc2ncc[nH]2)n1. The second-order valence-corrected chi connectivity index (χ2v) is 6.27. The minimum Gasteiger partial charge on any atom is -0.481 e. The van der Waals surface area contributed by atoms with Crippen LogP contribution in [0.4, 0.5) is 4.79 Å². The smallest absolute Gasteiger partial charge is 0.408 e. The molecule has 1 atom stereocenters. The Balaban J connectivity index is 0.00000341. The van der Waals surface area contributed by atoms with Gasteiger partial charge >= 0.3 is 12.1 Å². The zero-order valence-corrected chi connectivity index (χ0v) is 17.0. The Labute approximate surface area is 182 Å². The minimum absolute atomic E-state index is 0. The summed E-state index contributed by atoms with van der Waals surface area (Å²) < 4.78 is 5.05. The lowest BCUT2D eigenvalue weighted by atomic mass is 10.1. The van der Waals surface area contributed by atoms with Crippen LogP contribution in [0.5, 0.6) is 0 Å². The molecule has 2 aromatic heterocycles. The molecule has 0 saturated carbocycles. The number of hydrogen-bond acceptors (Lipinski definition) is 8. The Kier molecular flexibility index (Phi) is 8.64. The Morgan fingerprint density at radius 3 is 2.68 bits per heavy atom. The summed E-state index contributed by atoms with van der Waals surface area (Å²) in [6.07, 6.45) is 2.03. The van der Waals surface area contributed by atoms with E-state index in [1.165, 1.54) is 0 Å². The van der Waals surface area contributed by atoms with Crippen LogP contribution in [-0.4, -0.2) is 59.2 Å². The minimum atomic E-state index is -1.30. The highest BCUT2D eigenvalue weighted by Gasteiger charge is 2.25. The van der Waals surface area contributed by atoms with Crippen LogP contribution in [0.2, 0.25) is 0 Å². The Morgan fingerprint density at radius 1 is 1.23 bits per heavy atom. The van der Waals surface area contributed by atoms with Crippen molar-refractivity contribution >= 4 is 30.3 Å². The number of imidazole rings is 1. The molecule has 3 rings (SSSR count). The highest BCUT2D eigenvalue weighted by atomic mass is 35.5. The third kappa shape index (κ3) is 7.51. The first-order valence-corrected chi connectivity index (χ1v) is 8.96. The van der Waals surface area contributed by atoms with Crippen LogP contribution in [0.3, 0.4) is 0 Å². The molecular weight excluding hydrogens is 430 g/mol. The molecule has 0 saturated heterocycles. The fraction of sp³-hybridized carbons (Fsp3) is 0.278. The molecule has 3 aromatic rings. The maximum atomic E-state index is 12.5. The van der Waals surface area contributed by atoms with Crippen LogP contribution >= 0.6 is 12.4 Å². The molecule has 0 aliphatic carbocycles. The van der Waals surface area contributed by atoms with Gasteiger partial charge in [-0.1, -0.05) is 30.3 Å². The average Bonchev–Trinajstić information content (AvgIpc) is 3.39. The monoisotopic (exact) mass is 449 g/mol. The van der Waals surface area contributed by atoms with Gasteiger partial charge in [0.05, 0.1) is 12.8 Å². The topological polar surface area (TPSA) is 165 Å². The van der Waals surface area contributed by atoms with Gasteiger partial charge in [0.2, 0.25) is 0 Å². The van der Waals surface area contributed by atoms with E-state index in [9.17, 15) is 14.4 Å². The van der Waals surface area contributed by atoms with Gasteiger partial charge in [-0.05, 0) is 10.8 Å². The summed E-state index contributed by atoms with van der Waals surface area (Å²) in [5.74, 6) is -0.881. The first kappa shape index (κ1) is 23.5. The van der Waals surface area contributed by atoms with Gasteiger partial charge in [0.1, 0.15) is 25.0 Å². The van der Waals surface area contributed by atoms with E-state index in [1.54, 1.807) is 36.7 Å². The number of benzene rings is 1. The first-order valence-electron chi connectivity index (χ1n) is 8.96. The number of aliphatic carboxylic acids is 1. The summed E-state index contributed by atoms with van der Waals surface area (Å²) in [5, 5.41) is 23.0. The van der Waals surface area contributed by atoms with Crippen molar-refractivity contribution in [1.82, 2.24) is 35.5 Å². The van der Waals surface area contributed by atoms with Gasteiger partial charge in [0, 0.05) is 12.4 Å². The number of ether oxygens (including phenoxy) is 1. The van der Waals surface area contributed by atoms with Gasteiger partial charge in [-0.25, -0.2) is 9.78 Å². The van der Waals surface area contributed by atoms with Gasteiger partial charge in [-0.15, -0.1) is 22.6 Å². The van der Waals surface area contributed by atoms with Crippen LogP contribution in [0, 0.1) is 0 Å². The molecule has 1 amide bonds. The number of ketones is 1. The number of carboxylic acid groups (broad SMARTS) is 1. The van der Waals surface area contributed by atoms with Crippen LogP contribution in [0.25, 0.3) is 0 Å². The Hall–Kier alpha value is -3.80. The van der Waals surface area contributed by atoms with Crippen LogP contribution in [0.15, 0.2) is 42.7 Å². The molecule has 0 fully saturated rings. The van der Waals surface area contributed by atoms with Crippen molar-refractivity contribution < 1.29 is 24.2 Å². The predicted octanol–water partition coefficient (Wildman–Crippen LogP) is 0.748. The second-order valence-electron chi connectivity index (χ2n) is 6.27. The van der Waals surface area contributed by atoms with Gasteiger partial charge in [0.25, 0.3) is 0 Å². The number of aromatic amines is 1. The highest BCUT2D eigenvalue weighted by molar-refractivity contribution is 5.90. The van der Waals surface area contributed by atoms with Gasteiger partial charge < -0.3 is 20.1 Å². The number of tetrazole rings is 1. The van der Waals surface area contributed by atoms with Gasteiger partial charge in [-0.3, -0.25) is 9.59 Å². The summed E-state index contributed by atoms with van der Waals surface area (Å²) in [7, 11) is 0. The quantitative estimate of drug-likeness (QED) is 0.404. The third-order valence-corrected chi connectivity index (χ3v) is 3.94. The molecule has 0 bridgehead atoms. The average molecular weight is 450 g/mol. The molecule has 0 radical (unpaired) electrons. The predicted molar refractivity (Wildman–Crippen MR) is 107 cm³/mol. The normalized spacial score (nSPS) is 11.2. The molecule has 2 heterocycles. The number of carbonyl (C=O) groups is 3. The number of amides is 1. The summed E-state index contributed by atoms with van der Waals surface area (Å²) in [6, 6.07) is 7.64. The number of halogens is 1. The molecule has 1 unspecified atom stereocenters. The Bertz CT molecular complexity index is 994. The van der Waals surface area contributed by atoms with E-state index in [2.05, 4.69) is 30.7 Å². The zero-order valence-electron chi connectivity index (χ0n) is 16.2.